The smallest absolute Gasteiger partial charge is 0.249 e. The van der Waals surface area contributed by atoms with Crippen molar-refractivity contribution in [1.29, 1.82) is 0 Å². The molecular formula is C51H99NO10. The van der Waals surface area contributed by atoms with E-state index in [-0.39, 0.29) is 6.42 Å². The van der Waals surface area contributed by atoms with E-state index in [2.05, 4.69) is 31.3 Å². The standard InChI is InChI=1S/C51H99NO10/c1-3-5-7-9-11-13-15-17-19-20-21-22-23-25-26-28-30-32-34-36-38-43(54)46(56)42(41-61-51-49(59)48(58)47(57)45(40-53)62-51)52-50(60)44(55)39-37-35-33-31-29-27-24-18-16-14-12-10-8-6-4-2/h24,27,42-49,51,53-59H,3-23,25-26,28-41H2,1-2H3,(H,52,60)/b27-24-. The molecule has 1 aliphatic heterocycles. The molecule has 9 atom stereocenters. The van der Waals surface area contributed by atoms with Crippen LogP contribution in [0.5, 0.6) is 0 Å². The third-order valence-corrected chi connectivity index (χ3v) is 12.8. The van der Waals surface area contributed by atoms with E-state index >= 15 is 0 Å². The lowest BCUT2D eigenvalue weighted by molar-refractivity contribution is -0.303. The van der Waals surface area contributed by atoms with Gasteiger partial charge in [0.05, 0.1) is 25.4 Å². The van der Waals surface area contributed by atoms with Crippen LogP contribution in [0.15, 0.2) is 12.2 Å². The van der Waals surface area contributed by atoms with E-state index in [4.69, 9.17) is 9.47 Å². The third kappa shape index (κ3) is 30.1. The normalized spacial score (nSPS) is 21.3. The summed E-state index contributed by atoms with van der Waals surface area (Å²) in [6.45, 7) is 3.46. The van der Waals surface area contributed by atoms with Gasteiger partial charge in [0.25, 0.3) is 0 Å². The summed E-state index contributed by atoms with van der Waals surface area (Å²) in [6.07, 6.45) is 34.0. The largest absolute Gasteiger partial charge is 0.394 e. The number of carbonyl (C=O) groups is 1. The summed E-state index contributed by atoms with van der Waals surface area (Å²) >= 11 is 0. The number of hydrogen-bond donors (Lipinski definition) is 8. The maximum atomic E-state index is 13.1. The minimum absolute atomic E-state index is 0.248. The summed E-state index contributed by atoms with van der Waals surface area (Å²) in [5.41, 5.74) is 0. The van der Waals surface area contributed by atoms with Crippen molar-refractivity contribution in [3.8, 4) is 0 Å². The number of aliphatic hydroxyl groups is 7. The summed E-state index contributed by atoms with van der Waals surface area (Å²) in [5, 5.41) is 75.9. The Labute approximate surface area is 379 Å². The maximum Gasteiger partial charge on any atom is 0.249 e. The Kier molecular flexibility index (Phi) is 39.2. The van der Waals surface area contributed by atoms with Crippen molar-refractivity contribution >= 4 is 5.91 Å². The number of ether oxygens (including phenoxy) is 2. The summed E-state index contributed by atoms with van der Waals surface area (Å²) in [4.78, 5) is 13.1. The molecule has 1 fully saturated rings. The van der Waals surface area contributed by atoms with Crippen molar-refractivity contribution in [2.24, 2.45) is 0 Å². The van der Waals surface area contributed by atoms with E-state index in [1.165, 1.54) is 148 Å². The molecule has 11 nitrogen and oxygen atoms in total. The molecule has 368 valence electrons. The van der Waals surface area contributed by atoms with Gasteiger partial charge in [0.15, 0.2) is 6.29 Å². The molecule has 1 amide bonds. The number of carbonyl (C=O) groups excluding carboxylic acids is 1. The molecule has 62 heavy (non-hydrogen) atoms. The van der Waals surface area contributed by atoms with Crippen molar-refractivity contribution < 1.29 is 50.0 Å². The average molecular weight is 886 g/mol. The van der Waals surface area contributed by atoms with E-state index in [1.807, 2.05) is 0 Å². The van der Waals surface area contributed by atoms with Gasteiger partial charge in [-0.15, -0.1) is 0 Å². The SMILES string of the molecule is CCCCCCCCC/C=C\CCCCCCC(O)C(=O)NC(COC1OC(CO)C(O)C(O)C1O)C(O)C(O)CCCCCCCCCCCCCCCCCCCCCC. The Hall–Kier alpha value is -1.15. The Morgan fingerprint density at radius 1 is 0.548 bits per heavy atom. The Balaban J connectivity index is 2.38. The van der Waals surface area contributed by atoms with E-state index < -0.39 is 74.2 Å². The first-order chi connectivity index (χ1) is 30.2. The lowest BCUT2D eigenvalue weighted by Crippen LogP contribution is -2.60. The lowest BCUT2D eigenvalue weighted by Gasteiger charge is -2.40. The van der Waals surface area contributed by atoms with Crippen molar-refractivity contribution in [2.45, 2.75) is 294 Å². The fourth-order valence-electron chi connectivity index (χ4n) is 8.50. The first-order valence-electron chi connectivity index (χ1n) is 26.1. The molecule has 0 aromatic carbocycles. The number of rotatable bonds is 44. The second-order valence-electron chi connectivity index (χ2n) is 18.6. The molecule has 0 aliphatic carbocycles. The number of amides is 1. The van der Waals surface area contributed by atoms with Crippen LogP contribution in [-0.4, -0.2) is 110 Å². The quantitative estimate of drug-likeness (QED) is 0.0216. The number of hydrogen-bond acceptors (Lipinski definition) is 10. The highest BCUT2D eigenvalue weighted by Crippen LogP contribution is 2.23. The summed E-state index contributed by atoms with van der Waals surface area (Å²) in [5.74, 6) is -0.703. The fourth-order valence-corrected chi connectivity index (χ4v) is 8.50. The van der Waals surface area contributed by atoms with E-state index in [1.54, 1.807) is 0 Å². The van der Waals surface area contributed by atoms with Crippen molar-refractivity contribution in [3.05, 3.63) is 12.2 Å². The van der Waals surface area contributed by atoms with E-state index in [0.29, 0.717) is 19.3 Å². The molecule has 0 aromatic heterocycles. The van der Waals surface area contributed by atoms with Crippen molar-refractivity contribution in [1.82, 2.24) is 5.32 Å². The van der Waals surface area contributed by atoms with Gasteiger partial charge in [0.2, 0.25) is 5.91 Å². The number of nitrogens with one attached hydrogen (secondary N) is 1. The fraction of sp³-hybridized carbons (Fsp3) is 0.941. The van der Waals surface area contributed by atoms with Gasteiger partial charge in [-0.1, -0.05) is 212 Å². The number of unbranched alkanes of at least 4 members (excludes halogenated alkanes) is 30. The van der Waals surface area contributed by atoms with Crippen molar-refractivity contribution in [3.63, 3.8) is 0 Å². The van der Waals surface area contributed by atoms with E-state index in [0.717, 1.165) is 51.4 Å². The molecule has 0 aromatic rings. The lowest BCUT2D eigenvalue weighted by atomic mass is 9.98. The van der Waals surface area contributed by atoms with Crippen molar-refractivity contribution in [2.75, 3.05) is 13.2 Å². The van der Waals surface area contributed by atoms with Gasteiger partial charge in [-0.3, -0.25) is 4.79 Å². The third-order valence-electron chi connectivity index (χ3n) is 12.8. The second kappa shape index (κ2) is 41.3. The summed E-state index contributed by atoms with van der Waals surface area (Å²) in [7, 11) is 0. The van der Waals surface area contributed by atoms with E-state index in [9.17, 15) is 40.5 Å². The van der Waals surface area contributed by atoms with Crippen LogP contribution >= 0.6 is 0 Å². The molecule has 0 spiro atoms. The molecule has 0 bridgehead atoms. The highest BCUT2D eigenvalue weighted by atomic mass is 16.7. The molecule has 1 rings (SSSR count). The average Bonchev–Trinajstić information content (AvgIpc) is 3.27. The number of aliphatic hydroxyl groups excluding tert-OH is 7. The molecule has 0 saturated carbocycles. The van der Waals surface area contributed by atoms with Gasteiger partial charge in [-0.25, -0.2) is 0 Å². The minimum Gasteiger partial charge on any atom is -0.394 e. The van der Waals surface area contributed by atoms with Gasteiger partial charge < -0.3 is 50.5 Å². The molecule has 8 N–H and O–H groups in total. The molecule has 9 unspecified atom stereocenters. The first-order valence-corrected chi connectivity index (χ1v) is 26.1. The van der Waals surface area contributed by atoms with Crippen LogP contribution in [0.1, 0.15) is 239 Å². The highest BCUT2D eigenvalue weighted by Gasteiger charge is 2.44. The topological polar surface area (TPSA) is 189 Å². The van der Waals surface area contributed by atoms with Gasteiger partial charge >= 0.3 is 0 Å². The Bertz CT molecular complexity index is 1020. The van der Waals surface area contributed by atoms with Crippen LogP contribution in [0.2, 0.25) is 0 Å². The first kappa shape index (κ1) is 58.9. The van der Waals surface area contributed by atoms with Gasteiger partial charge in [0, 0.05) is 0 Å². The zero-order valence-corrected chi connectivity index (χ0v) is 39.9. The minimum atomic E-state index is -1.66. The molecule has 1 heterocycles. The Morgan fingerprint density at radius 2 is 0.935 bits per heavy atom. The van der Waals surface area contributed by atoms with Crippen LogP contribution in [0.3, 0.4) is 0 Å². The summed E-state index contributed by atoms with van der Waals surface area (Å²) < 4.78 is 11.1. The molecular weight excluding hydrogens is 787 g/mol. The molecule has 11 heteroatoms. The molecule has 1 saturated heterocycles. The summed E-state index contributed by atoms with van der Waals surface area (Å²) in [6, 6.07) is -1.17. The predicted molar refractivity (Wildman–Crippen MR) is 252 cm³/mol. The van der Waals surface area contributed by atoms with Crippen LogP contribution in [0, 0.1) is 0 Å². The number of allylic oxidation sites excluding steroid dienone is 2. The zero-order chi connectivity index (χ0) is 45.5. The molecule has 0 radical (unpaired) electrons. The van der Waals surface area contributed by atoms with Crippen LogP contribution in [0.4, 0.5) is 0 Å². The highest BCUT2D eigenvalue weighted by molar-refractivity contribution is 5.80. The van der Waals surface area contributed by atoms with Crippen LogP contribution < -0.4 is 5.32 Å². The second-order valence-corrected chi connectivity index (χ2v) is 18.6. The van der Waals surface area contributed by atoms with Gasteiger partial charge in [-0.05, 0) is 38.5 Å². The van der Waals surface area contributed by atoms with Gasteiger partial charge in [-0.2, -0.15) is 0 Å². The van der Waals surface area contributed by atoms with Crippen LogP contribution in [-0.2, 0) is 14.3 Å². The zero-order valence-electron chi connectivity index (χ0n) is 39.9. The monoisotopic (exact) mass is 886 g/mol. The van der Waals surface area contributed by atoms with Gasteiger partial charge in [0.1, 0.15) is 36.6 Å². The predicted octanol–water partition coefficient (Wildman–Crippen LogP) is 9.62. The maximum absolute atomic E-state index is 13.1. The molecule has 1 aliphatic rings. The van der Waals surface area contributed by atoms with Crippen LogP contribution in [0.25, 0.3) is 0 Å². The Morgan fingerprint density at radius 3 is 1.35 bits per heavy atom.